The first-order valence-electron chi connectivity index (χ1n) is 8.20. The molecule has 3 heterocycles. The zero-order valence-electron chi connectivity index (χ0n) is 12.7. The van der Waals surface area contributed by atoms with Crippen molar-refractivity contribution in [2.75, 3.05) is 19.7 Å². The van der Waals surface area contributed by atoms with Crippen LogP contribution < -0.4 is 4.87 Å². The lowest BCUT2D eigenvalue weighted by Gasteiger charge is -2.64. The van der Waals surface area contributed by atoms with Crippen molar-refractivity contribution in [2.24, 2.45) is 5.41 Å². The predicted molar refractivity (Wildman–Crippen MR) is 83.9 cm³/mol. The summed E-state index contributed by atoms with van der Waals surface area (Å²) in [5.41, 5.74) is 1.65. The Balaban J connectivity index is 1.44. The molecule has 5 heteroatoms. The first-order chi connectivity index (χ1) is 10.2. The zero-order valence-corrected chi connectivity index (χ0v) is 13.5. The standard InChI is InChI=1S/C16H24N2O2S/c1-12-10-21-15(19)18(12)8-7-17-11-16(5-3-6-16)14(17)13-4-2-9-20-13/h10,13-14H,2-9,11H2,1H3. The van der Waals surface area contributed by atoms with E-state index in [0.717, 1.165) is 25.4 Å². The number of ether oxygens (including phenoxy) is 1. The van der Waals surface area contributed by atoms with Crippen molar-refractivity contribution in [1.29, 1.82) is 0 Å². The molecule has 3 aliphatic rings. The van der Waals surface area contributed by atoms with Gasteiger partial charge in [-0.15, -0.1) is 0 Å². The molecule has 4 rings (SSSR count). The van der Waals surface area contributed by atoms with Gasteiger partial charge in [-0.1, -0.05) is 17.8 Å². The fourth-order valence-electron chi connectivity index (χ4n) is 4.56. The van der Waals surface area contributed by atoms with E-state index in [4.69, 9.17) is 4.74 Å². The van der Waals surface area contributed by atoms with E-state index in [-0.39, 0.29) is 4.87 Å². The third kappa shape index (κ3) is 2.21. The number of aryl methyl sites for hydroxylation is 1. The molecule has 1 spiro atoms. The number of rotatable bonds is 4. The lowest BCUT2D eigenvalue weighted by Crippen LogP contribution is -2.71. The maximum Gasteiger partial charge on any atom is 0.307 e. The minimum absolute atomic E-state index is 0.181. The van der Waals surface area contributed by atoms with Crippen molar-refractivity contribution in [3.8, 4) is 0 Å². The van der Waals surface area contributed by atoms with Crippen LogP contribution in [0.2, 0.25) is 0 Å². The summed E-state index contributed by atoms with van der Waals surface area (Å²) in [5, 5.41) is 1.96. The Kier molecular flexibility index (Phi) is 3.47. The minimum atomic E-state index is 0.181. The van der Waals surface area contributed by atoms with Gasteiger partial charge in [0.1, 0.15) is 0 Å². The molecular weight excluding hydrogens is 284 g/mol. The van der Waals surface area contributed by atoms with Gasteiger partial charge >= 0.3 is 4.87 Å². The number of hydrogen-bond donors (Lipinski definition) is 0. The highest BCUT2D eigenvalue weighted by molar-refractivity contribution is 7.07. The molecule has 1 aliphatic carbocycles. The molecule has 2 atom stereocenters. The Bertz CT molecular complexity index is 569. The molecule has 21 heavy (non-hydrogen) atoms. The molecule has 3 fully saturated rings. The lowest BCUT2D eigenvalue weighted by atomic mass is 9.56. The van der Waals surface area contributed by atoms with Crippen LogP contribution in [0.15, 0.2) is 10.2 Å². The van der Waals surface area contributed by atoms with Gasteiger partial charge in [-0.3, -0.25) is 9.69 Å². The molecule has 0 aromatic carbocycles. The second-order valence-corrected chi connectivity index (χ2v) is 7.80. The third-order valence-electron chi connectivity index (χ3n) is 5.79. The number of hydrogen-bond acceptors (Lipinski definition) is 4. The molecule has 116 valence electrons. The van der Waals surface area contributed by atoms with E-state index in [0.29, 0.717) is 17.6 Å². The van der Waals surface area contributed by atoms with E-state index in [1.54, 1.807) is 0 Å². The lowest BCUT2D eigenvalue weighted by molar-refractivity contribution is -0.172. The van der Waals surface area contributed by atoms with Crippen molar-refractivity contribution in [1.82, 2.24) is 9.47 Å². The molecule has 1 aromatic rings. The van der Waals surface area contributed by atoms with Crippen LogP contribution in [0.4, 0.5) is 0 Å². The topological polar surface area (TPSA) is 34.5 Å². The van der Waals surface area contributed by atoms with Crippen molar-refractivity contribution in [3.05, 3.63) is 20.7 Å². The minimum Gasteiger partial charge on any atom is -0.377 e. The molecule has 0 N–H and O–H groups in total. The van der Waals surface area contributed by atoms with Gasteiger partial charge in [0, 0.05) is 48.8 Å². The van der Waals surface area contributed by atoms with Crippen LogP contribution in [0, 0.1) is 12.3 Å². The third-order valence-corrected chi connectivity index (χ3v) is 6.67. The second-order valence-electron chi connectivity index (χ2n) is 6.98. The van der Waals surface area contributed by atoms with Crippen LogP contribution in [0.25, 0.3) is 0 Å². The molecule has 1 aromatic heterocycles. The van der Waals surface area contributed by atoms with Gasteiger partial charge < -0.3 is 9.30 Å². The van der Waals surface area contributed by atoms with Gasteiger partial charge in [-0.2, -0.15) is 0 Å². The zero-order chi connectivity index (χ0) is 14.4. The number of thiazole rings is 1. The quantitative estimate of drug-likeness (QED) is 0.855. The molecule has 2 aliphatic heterocycles. The van der Waals surface area contributed by atoms with Gasteiger partial charge in [0.25, 0.3) is 0 Å². The average molecular weight is 308 g/mol. The SMILES string of the molecule is Cc1csc(=O)n1CCN1CC2(CCC2)C1C1CCCO1. The Morgan fingerprint density at radius 1 is 1.38 bits per heavy atom. The van der Waals surface area contributed by atoms with Crippen molar-refractivity contribution < 1.29 is 4.74 Å². The maximum absolute atomic E-state index is 11.8. The van der Waals surface area contributed by atoms with E-state index in [1.807, 2.05) is 16.9 Å². The van der Waals surface area contributed by atoms with Gasteiger partial charge in [-0.25, -0.2) is 0 Å². The fraction of sp³-hybridized carbons (Fsp3) is 0.812. The largest absolute Gasteiger partial charge is 0.377 e. The summed E-state index contributed by atoms with van der Waals surface area (Å²) in [5.74, 6) is 0. The summed E-state index contributed by atoms with van der Waals surface area (Å²) in [4.78, 5) is 14.6. The smallest absolute Gasteiger partial charge is 0.307 e. The average Bonchev–Trinajstić information content (AvgIpc) is 2.99. The van der Waals surface area contributed by atoms with Crippen LogP contribution in [0.3, 0.4) is 0 Å². The fourth-order valence-corrected chi connectivity index (χ4v) is 5.32. The van der Waals surface area contributed by atoms with E-state index in [1.165, 1.54) is 50.0 Å². The first-order valence-corrected chi connectivity index (χ1v) is 9.08. The van der Waals surface area contributed by atoms with Crippen LogP contribution >= 0.6 is 11.3 Å². The van der Waals surface area contributed by atoms with E-state index >= 15 is 0 Å². The monoisotopic (exact) mass is 308 g/mol. The predicted octanol–water partition coefficient (Wildman–Crippen LogP) is 2.25. The van der Waals surface area contributed by atoms with Crippen LogP contribution in [0.5, 0.6) is 0 Å². The normalized spacial score (nSPS) is 31.3. The van der Waals surface area contributed by atoms with E-state index < -0.39 is 0 Å². The summed E-state index contributed by atoms with van der Waals surface area (Å²) in [6.45, 7) is 6.00. The highest BCUT2D eigenvalue weighted by Gasteiger charge is 2.58. The van der Waals surface area contributed by atoms with Crippen LogP contribution in [-0.4, -0.2) is 41.3 Å². The number of aromatic nitrogens is 1. The molecule has 4 nitrogen and oxygen atoms in total. The van der Waals surface area contributed by atoms with Gasteiger partial charge in [0.2, 0.25) is 0 Å². The first kappa shape index (κ1) is 14.0. The van der Waals surface area contributed by atoms with Crippen molar-refractivity contribution in [2.45, 2.75) is 57.7 Å². The highest BCUT2D eigenvalue weighted by atomic mass is 32.1. The second kappa shape index (κ2) is 5.21. The number of nitrogens with zero attached hydrogens (tertiary/aromatic N) is 2. The maximum atomic E-state index is 11.8. The molecule has 2 saturated heterocycles. The Hall–Kier alpha value is -0.650. The van der Waals surface area contributed by atoms with Gasteiger partial charge in [0.05, 0.1) is 6.10 Å². The highest BCUT2D eigenvalue weighted by Crippen LogP contribution is 2.55. The van der Waals surface area contributed by atoms with E-state index in [2.05, 4.69) is 4.90 Å². The van der Waals surface area contributed by atoms with Gasteiger partial charge in [-0.05, 0) is 32.6 Å². The number of likely N-dealkylation sites (tertiary alicyclic amines) is 1. The van der Waals surface area contributed by atoms with Crippen LogP contribution in [0.1, 0.15) is 37.8 Å². The Morgan fingerprint density at radius 2 is 2.24 bits per heavy atom. The molecule has 1 saturated carbocycles. The summed E-state index contributed by atoms with van der Waals surface area (Å²) >= 11 is 1.31. The molecule has 0 bridgehead atoms. The summed E-state index contributed by atoms with van der Waals surface area (Å²) < 4.78 is 7.91. The summed E-state index contributed by atoms with van der Waals surface area (Å²) in [7, 11) is 0. The molecular formula is C16H24N2O2S. The van der Waals surface area contributed by atoms with Crippen molar-refractivity contribution in [3.63, 3.8) is 0 Å². The summed E-state index contributed by atoms with van der Waals surface area (Å²) in [6, 6.07) is 0.614. The summed E-state index contributed by atoms with van der Waals surface area (Å²) in [6.07, 6.45) is 7.03. The molecule has 2 unspecified atom stereocenters. The Labute approximate surface area is 129 Å². The van der Waals surface area contributed by atoms with Gasteiger partial charge in [0.15, 0.2) is 0 Å². The van der Waals surface area contributed by atoms with E-state index in [9.17, 15) is 4.79 Å². The Morgan fingerprint density at radius 3 is 2.81 bits per heavy atom. The molecule has 0 radical (unpaired) electrons. The van der Waals surface area contributed by atoms with Crippen LogP contribution in [-0.2, 0) is 11.3 Å². The molecule has 0 amide bonds. The van der Waals surface area contributed by atoms with Crippen molar-refractivity contribution >= 4 is 11.3 Å².